The second-order valence-electron chi connectivity index (χ2n) is 5.12. The van der Waals surface area contributed by atoms with Crippen LogP contribution in [0.1, 0.15) is 18.5 Å². The minimum atomic E-state index is -0.397. The third-order valence-electron chi connectivity index (χ3n) is 3.68. The zero-order chi connectivity index (χ0) is 17.0. The number of allylic oxidation sites excluding steroid dienone is 1. The van der Waals surface area contributed by atoms with E-state index in [1.807, 2.05) is 25.1 Å². The van der Waals surface area contributed by atoms with E-state index in [4.69, 9.17) is 33.3 Å². The van der Waals surface area contributed by atoms with Gasteiger partial charge in [0.2, 0.25) is 0 Å². The molecule has 0 amide bonds. The summed E-state index contributed by atoms with van der Waals surface area (Å²) in [5.41, 5.74) is 2.12. The molecule has 0 aromatic heterocycles. The molecule has 0 spiro atoms. The fraction of sp³-hybridized carbons (Fsp3) is 0.375. The highest BCUT2D eigenvalue weighted by Crippen LogP contribution is 2.31. The Kier molecular flexibility index (Phi) is 5.98. The standard InChI is InChI=1S/C16H19ClN2O3S/c1-10-13(15(20)22-8-7-21-3)14(18-16(23)19(10)2)11-5-4-6-12(17)9-11/h4-6,9,14H,7-8H2,1-3H3,(H,18,23). The van der Waals surface area contributed by atoms with Crippen molar-refractivity contribution in [3.63, 3.8) is 0 Å². The lowest BCUT2D eigenvalue weighted by atomic mass is 9.95. The Hall–Kier alpha value is -1.63. The van der Waals surface area contributed by atoms with E-state index in [1.165, 1.54) is 0 Å². The minimum Gasteiger partial charge on any atom is -0.460 e. The lowest BCUT2D eigenvalue weighted by Crippen LogP contribution is -2.46. The number of thiocarbonyl (C=S) groups is 1. The van der Waals surface area contributed by atoms with Crippen molar-refractivity contribution < 1.29 is 14.3 Å². The molecule has 1 N–H and O–H groups in total. The molecule has 1 aromatic rings. The van der Waals surface area contributed by atoms with E-state index in [0.717, 1.165) is 11.3 Å². The number of rotatable bonds is 5. The van der Waals surface area contributed by atoms with Gasteiger partial charge in [0.05, 0.1) is 18.2 Å². The summed E-state index contributed by atoms with van der Waals surface area (Å²) >= 11 is 11.4. The predicted molar refractivity (Wildman–Crippen MR) is 93.2 cm³/mol. The molecule has 124 valence electrons. The number of carbonyl (C=O) groups is 1. The maximum Gasteiger partial charge on any atom is 0.338 e. The van der Waals surface area contributed by atoms with E-state index < -0.39 is 12.0 Å². The molecule has 0 radical (unpaired) electrons. The van der Waals surface area contributed by atoms with Crippen molar-refractivity contribution in [3.8, 4) is 0 Å². The molecule has 23 heavy (non-hydrogen) atoms. The first-order chi connectivity index (χ1) is 11.0. The van der Waals surface area contributed by atoms with Gasteiger partial charge in [-0.05, 0) is 36.8 Å². The van der Waals surface area contributed by atoms with Gasteiger partial charge in [0, 0.05) is 24.9 Å². The smallest absolute Gasteiger partial charge is 0.338 e. The molecule has 1 aliphatic rings. The fourth-order valence-corrected chi connectivity index (χ4v) is 2.79. The molecule has 1 heterocycles. The van der Waals surface area contributed by atoms with Crippen LogP contribution in [0.2, 0.25) is 5.02 Å². The number of halogens is 1. The Balaban J connectivity index is 2.38. The average Bonchev–Trinajstić information content (AvgIpc) is 2.52. The monoisotopic (exact) mass is 354 g/mol. The summed E-state index contributed by atoms with van der Waals surface area (Å²) in [5, 5.41) is 4.31. The van der Waals surface area contributed by atoms with Crippen LogP contribution in [0.5, 0.6) is 0 Å². The molecule has 5 nitrogen and oxygen atoms in total. The quantitative estimate of drug-likeness (QED) is 0.498. The van der Waals surface area contributed by atoms with Gasteiger partial charge in [-0.1, -0.05) is 23.7 Å². The van der Waals surface area contributed by atoms with Crippen LogP contribution in [0, 0.1) is 0 Å². The highest BCUT2D eigenvalue weighted by Gasteiger charge is 2.33. The number of hydrogen-bond donors (Lipinski definition) is 1. The zero-order valence-corrected chi connectivity index (χ0v) is 14.8. The summed E-state index contributed by atoms with van der Waals surface area (Å²) in [4.78, 5) is 14.3. The first-order valence-corrected chi connectivity index (χ1v) is 7.90. The lowest BCUT2D eigenvalue weighted by Gasteiger charge is -2.35. The van der Waals surface area contributed by atoms with Gasteiger partial charge in [0.1, 0.15) is 6.61 Å². The summed E-state index contributed by atoms with van der Waals surface area (Å²) in [6.07, 6.45) is 0. The number of benzene rings is 1. The maximum absolute atomic E-state index is 12.5. The van der Waals surface area contributed by atoms with Crippen LogP contribution in [0.3, 0.4) is 0 Å². The Labute approximate surface area is 146 Å². The van der Waals surface area contributed by atoms with E-state index in [2.05, 4.69) is 5.32 Å². The predicted octanol–water partition coefficient (Wildman–Crippen LogP) is 2.66. The summed E-state index contributed by atoms with van der Waals surface area (Å²) in [7, 11) is 3.36. The molecule has 0 fully saturated rings. The van der Waals surface area contributed by atoms with Crippen LogP contribution < -0.4 is 5.32 Å². The molecule has 0 bridgehead atoms. The molecule has 0 saturated heterocycles. The Morgan fingerprint density at radius 1 is 1.43 bits per heavy atom. The summed E-state index contributed by atoms with van der Waals surface area (Å²) < 4.78 is 10.2. The van der Waals surface area contributed by atoms with E-state index in [9.17, 15) is 4.79 Å². The van der Waals surface area contributed by atoms with Gasteiger partial charge >= 0.3 is 5.97 Å². The summed E-state index contributed by atoms with van der Waals surface area (Å²) in [6.45, 7) is 2.39. The van der Waals surface area contributed by atoms with Crippen molar-refractivity contribution in [2.24, 2.45) is 0 Å². The van der Waals surface area contributed by atoms with E-state index >= 15 is 0 Å². The molecule has 1 unspecified atom stereocenters. The van der Waals surface area contributed by atoms with Gasteiger partial charge in [0.25, 0.3) is 0 Å². The molecule has 7 heteroatoms. The van der Waals surface area contributed by atoms with Crippen molar-refractivity contribution in [1.82, 2.24) is 10.2 Å². The van der Waals surface area contributed by atoms with Gasteiger partial charge < -0.3 is 19.7 Å². The fourth-order valence-electron chi connectivity index (χ4n) is 2.33. The Morgan fingerprint density at radius 2 is 2.17 bits per heavy atom. The van der Waals surface area contributed by atoms with Crippen LogP contribution in [0.4, 0.5) is 0 Å². The highest BCUT2D eigenvalue weighted by atomic mass is 35.5. The SMILES string of the molecule is COCCOC(=O)C1=C(C)N(C)C(=S)NC1c1cccc(Cl)c1. The lowest BCUT2D eigenvalue weighted by molar-refractivity contribution is -0.140. The van der Waals surface area contributed by atoms with E-state index in [1.54, 1.807) is 25.1 Å². The van der Waals surface area contributed by atoms with Gasteiger partial charge in [0.15, 0.2) is 5.11 Å². The van der Waals surface area contributed by atoms with Crippen molar-refractivity contribution in [2.45, 2.75) is 13.0 Å². The van der Waals surface area contributed by atoms with Gasteiger partial charge in [-0.3, -0.25) is 0 Å². The number of esters is 1. The van der Waals surface area contributed by atoms with Gasteiger partial charge in [-0.2, -0.15) is 0 Å². The summed E-state index contributed by atoms with van der Waals surface area (Å²) in [5.74, 6) is -0.397. The third-order valence-corrected chi connectivity index (χ3v) is 4.30. The number of nitrogens with one attached hydrogen (secondary N) is 1. The van der Waals surface area contributed by atoms with Crippen molar-refractivity contribution in [3.05, 3.63) is 46.1 Å². The first-order valence-electron chi connectivity index (χ1n) is 7.12. The molecule has 1 aromatic carbocycles. The average molecular weight is 355 g/mol. The maximum atomic E-state index is 12.5. The molecule has 1 atom stereocenters. The largest absolute Gasteiger partial charge is 0.460 e. The van der Waals surface area contributed by atoms with Crippen molar-refractivity contribution in [1.29, 1.82) is 0 Å². The van der Waals surface area contributed by atoms with Crippen molar-refractivity contribution in [2.75, 3.05) is 27.4 Å². The molecule has 2 rings (SSSR count). The highest BCUT2D eigenvalue weighted by molar-refractivity contribution is 7.80. The number of hydrogen-bond acceptors (Lipinski definition) is 4. The number of nitrogens with zero attached hydrogens (tertiary/aromatic N) is 1. The van der Waals surface area contributed by atoms with Crippen LogP contribution in [-0.4, -0.2) is 43.4 Å². The molecular formula is C16H19ClN2O3S. The minimum absolute atomic E-state index is 0.197. The van der Waals surface area contributed by atoms with Crippen LogP contribution in [0.25, 0.3) is 0 Å². The topological polar surface area (TPSA) is 50.8 Å². The van der Waals surface area contributed by atoms with Crippen LogP contribution in [-0.2, 0) is 14.3 Å². The Bertz CT molecular complexity index is 648. The van der Waals surface area contributed by atoms with Crippen LogP contribution >= 0.6 is 23.8 Å². The zero-order valence-electron chi connectivity index (χ0n) is 13.3. The van der Waals surface area contributed by atoms with Crippen LogP contribution in [0.15, 0.2) is 35.5 Å². The summed E-state index contributed by atoms with van der Waals surface area (Å²) in [6, 6.07) is 6.93. The van der Waals surface area contributed by atoms with E-state index in [-0.39, 0.29) is 6.61 Å². The molecule has 0 saturated carbocycles. The first kappa shape index (κ1) is 17.7. The van der Waals surface area contributed by atoms with Gasteiger partial charge in [-0.25, -0.2) is 4.79 Å². The molecular weight excluding hydrogens is 336 g/mol. The number of carbonyl (C=O) groups excluding carboxylic acids is 1. The van der Waals surface area contributed by atoms with E-state index in [0.29, 0.717) is 22.3 Å². The third kappa shape index (κ3) is 4.02. The number of methoxy groups -OCH3 is 1. The second kappa shape index (κ2) is 7.77. The van der Waals surface area contributed by atoms with Gasteiger partial charge in [-0.15, -0.1) is 0 Å². The molecule has 0 aliphatic carbocycles. The Morgan fingerprint density at radius 3 is 2.83 bits per heavy atom. The van der Waals surface area contributed by atoms with Crippen molar-refractivity contribution >= 4 is 34.9 Å². The second-order valence-corrected chi connectivity index (χ2v) is 5.95. The molecule has 1 aliphatic heterocycles. The number of ether oxygens (including phenoxy) is 2. The normalized spacial score (nSPS) is 18.0.